The molecule has 0 aliphatic heterocycles. The SMILES string of the molecule is CCCNC(Cc1csc(C)n1)Cc1c(Cl)c(C)nn1C. The summed E-state index contributed by atoms with van der Waals surface area (Å²) in [7, 11) is 1.96. The fraction of sp³-hybridized carbons (Fsp3) is 0.600. The molecule has 6 heteroatoms. The third-order valence-corrected chi connectivity index (χ3v) is 4.82. The number of rotatable bonds is 7. The van der Waals surface area contributed by atoms with Crippen LogP contribution in [-0.2, 0) is 19.9 Å². The summed E-state index contributed by atoms with van der Waals surface area (Å²) in [5, 5.41) is 12.1. The van der Waals surface area contributed by atoms with Gasteiger partial charge < -0.3 is 5.32 Å². The van der Waals surface area contributed by atoms with Gasteiger partial charge in [-0.2, -0.15) is 5.10 Å². The van der Waals surface area contributed by atoms with Crippen LogP contribution in [-0.4, -0.2) is 27.4 Å². The lowest BCUT2D eigenvalue weighted by Gasteiger charge is -2.18. The largest absolute Gasteiger partial charge is 0.313 e. The average molecular weight is 327 g/mol. The molecule has 0 radical (unpaired) electrons. The monoisotopic (exact) mass is 326 g/mol. The van der Waals surface area contributed by atoms with E-state index in [1.54, 1.807) is 11.3 Å². The third-order valence-electron chi connectivity index (χ3n) is 3.51. The van der Waals surface area contributed by atoms with Gasteiger partial charge in [-0.05, 0) is 26.8 Å². The van der Waals surface area contributed by atoms with E-state index in [4.69, 9.17) is 11.6 Å². The lowest BCUT2D eigenvalue weighted by molar-refractivity contribution is 0.487. The molecule has 0 aliphatic carbocycles. The van der Waals surface area contributed by atoms with Gasteiger partial charge in [-0.3, -0.25) is 4.68 Å². The van der Waals surface area contributed by atoms with Gasteiger partial charge in [0.15, 0.2) is 0 Å². The zero-order valence-corrected chi connectivity index (χ0v) is 14.7. The molecule has 1 atom stereocenters. The summed E-state index contributed by atoms with van der Waals surface area (Å²) in [5.74, 6) is 0. The molecule has 1 N–H and O–H groups in total. The van der Waals surface area contributed by atoms with Gasteiger partial charge in [0.2, 0.25) is 0 Å². The van der Waals surface area contributed by atoms with Crippen LogP contribution in [0.15, 0.2) is 5.38 Å². The van der Waals surface area contributed by atoms with E-state index in [0.717, 1.165) is 52.9 Å². The van der Waals surface area contributed by atoms with E-state index < -0.39 is 0 Å². The molecule has 2 aromatic heterocycles. The van der Waals surface area contributed by atoms with Crippen molar-refractivity contribution in [3.05, 3.63) is 32.5 Å². The molecule has 0 aliphatic rings. The van der Waals surface area contributed by atoms with Crippen molar-refractivity contribution in [3.8, 4) is 0 Å². The van der Waals surface area contributed by atoms with Crippen LogP contribution >= 0.6 is 22.9 Å². The highest BCUT2D eigenvalue weighted by molar-refractivity contribution is 7.09. The van der Waals surface area contributed by atoms with E-state index in [9.17, 15) is 0 Å². The number of thiazole rings is 1. The van der Waals surface area contributed by atoms with E-state index in [1.807, 2.05) is 25.6 Å². The molecule has 0 fully saturated rings. The summed E-state index contributed by atoms with van der Waals surface area (Å²) < 4.78 is 1.89. The van der Waals surface area contributed by atoms with Gasteiger partial charge in [-0.25, -0.2) is 4.98 Å². The fourth-order valence-corrected chi connectivity index (χ4v) is 3.32. The van der Waals surface area contributed by atoms with E-state index in [0.29, 0.717) is 6.04 Å². The van der Waals surface area contributed by atoms with Gasteiger partial charge >= 0.3 is 0 Å². The molecule has 1 unspecified atom stereocenters. The maximum atomic E-state index is 6.37. The Balaban J connectivity index is 2.12. The molecule has 0 spiro atoms. The first-order chi connectivity index (χ1) is 10.0. The number of nitrogens with zero attached hydrogens (tertiary/aromatic N) is 3. The number of nitrogens with one attached hydrogen (secondary N) is 1. The van der Waals surface area contributed by atoms with Crippen molar-refractivity contribution < 1.29 is 0 Å². The molecule has 2 rings (SSSR count). The predicted molar refractivity (Wildman–Crippen MR) is 89.3 cm³/mol. The minimum absolute atomic E-state index is 0.332. The number of aromatic nitrogens is 3. The molecule has 2 aromatic rings. The molecule has 4 nitrogen and oxygen atoms in total. The standard InChI is InChI=1S/C15H23ClN4S/c1-5-6-17-12(7-13-9-21-11(3)18-13)8-14-15(16)10(2)19-20(14)4/h9,12,17H,5-8H2,1-4H3. The van der Waals surface area contributed by atoms with Crippen LogP contribution in [0.1, 0.15) is 35.4 Å². The van der Waals surface area contributed by atoms with Gasteiger partial charge in [0, 0.05) is 31.3 Å². The molecular formula is C15H23ClN4S. The van der Waals surface area contributed by atoms with Gasteiger partial charge in [0.25, 0.3) is 0 Å². The fourth-order valence-electron chi connectivity index (χ4n) is 2.45. The second-order valence-corrected chi connectivity index (χ2v) is 6.83. The Labute approximate surface area is 135 Å². The summed E-state index contributed by atoms with van der Waals surface area (Å²) in [4.78, 5) is 4.57. The van der Waals surface area contributed by atoms with E-state index >= 15 is 0 Å². The lowest BCUT2D eigenvalue weighted by Crippen LogP contribution is -2.34. The Morgan fingerprint density at radius 1 is 1.38 bits per heavy atom. The zero-order valence-electron chi connectivity index (χ0n) is 13.1. The van der Waals surface area contributed by atoms with E-state index in [2.05, 4.69) is 27.7 Å². The molecular weight excluding hydrogens is 304 g/mol. The van der Waals surface area contributed by atoms with Gasteiger partial charge in [-0.1, -0.05) is 18.5 Å². The number of hydrogen-bond donors (Lipinski definition) is 1. The van der Waals surface area contributed by atoms with Gasteiger partial charge in [-0.15, -0.1) is 11.3 Å². The summed E-state index contributed by atoms with van der Waals surface area (Å²) in [6.45, 7) is 7.18. The molecule has 21 heavy (non-hydrogen) atoms. The number of aryl methyl sites for hydroxylation is 3. The van der Waals surface area contributed by atoms with Crippen LogP contribution in [0.2, 0.25) is 5.02 Å². The Kier molecular flexibility index (Phi) is 5.79. The number of hydrogen-bond acceptors (Lipinski definition) is 4. The Morgan fingerprint density at radius 2 is 2.14 bits per heavy atom. The molecule has 116 valence electrons. The minimum atomic E-state index is 0.332. The lowest BCUT2D eigenvalue weighted by atomic mass is 10.1. The summed E-state index contributed by atoms with van der Waals surface area (Å²) >= 11 is 8.08. The van der Waals surface area contributed by atoms with Crippen molar-refractivity contribution in [2.75, 3.05) is 6.54 Å². The second-order valence-electron chi connectivity index (χ2n) is 5.39. The normalized spacial score (nSPS) is 12.8. The topological polar surface area (TPSA) is 42.7 Å². The van der Waals surface area contributed by atoms with Crippen molar-refractivity contribution in [2.45, 2.75) is 46.1 Å². The molecule has 0 aromatic carbocycles. The first-order valence-corrected chi connectivity index (χ1v) is 8.59. The van der Waals surface area contributed by atoms with Crippen LogP contribution in [0.4, 0.5) is 0 Å². The predicted octanol–water partition coefficient (Wildman–Crippen LogP) is 3.30. The van der Waals surface area contributed by atoms with Crippen molar-refractivity contribution in [1.29, 1.82) is 0 Å². The second kappa shape index (κ2) is 7.38. The van der Waals surface area contributed by atoms with Crippen LogP contribution in [0, 0.1) is 13.8 Å². The van der Waals surface area contributed by atoms with Crippen LogP contribution in [0.25, 0.3) is 0 Å². The third kappa shape index (κ3) is 4.28. The Bertz CT molecular complexity index is 591. The first-order valence-electron chi connectivity index (χ1n) is 7.33. The molecule has 0 saturated carbocycles. The summed E-state index contributed by atoms with van der Waals surface area (Å²) in [6.07, 6.45) is 2.91. The Hall–Kier alpha value is -0.910. The van der Waals surface area contributed by atoms with Crippen molar-refractivity contribution >= 4 is 22.9 Å². The minimum Gasteiger partial charge on any atom is -0.313 e. The highest BCUT2D eigenvalue weighted by Gasteiger charge is 2.18. The quantitative estimate of drug-likeness (QED) is 0.849. The van der Waals surface area contributed by atoms with E-state index in [-0.39, 0.29) is 0 Å². The van der Waals surface area contributed by atoms with Crippen molar-refractivity contribution in [3.63, 3.8) is 0 Å². The maximum absolute atomic E-state index is 6.37. The van der Waals surface area contributed by atoms with Gasteiger partial charge in [0.05, 0.1) is 27.1 Å². The zero-order chi connectivity index (χ0) is 15.4. The summed E-state index contributed by atoms with van der Waals surface area (Å²) in [5.41, 5.74) is 3.14. The van der Waals surface area contributed by atoms with E-state index in [1.165, 1.54) is 0 Å². The average Bonchev–Trinajstić information content (AvgIpc) is 2.94. The van der Waals surface area contributed by atoms with Gasteiger partial charge in [0.1, 0.15) is 0 Å². The highest BCUT2D eigenvalue weighted by atomic mass is 35.5. The molecule has 2 heterocycles. The molecule has 0 amide bonds. The van der Waals surface area contributed by atoms with Crippen LogP contribution in [0.3, 0.4) is 0 Å². The van der Waals surface area contributed by atoms with Crippen LogP contribution in [0.5, 0.6) is 0 Å². The van der Waals surface area contributed by atoms with Crippen molar-refractivity contribution in [2.24, 2.45) is 7.05 Å². The maximum Gasteiger partial charge on any atom is 0.0897 e. The molecule has 0 bridgehead atoms. The number of halogens is 1. The smallest absolute Gasteiger partial charge is 0.0897 e. The Morgan fingerprint density at radius 3 is 2.67 bits per heavy atom. The highest BCUT2D eigenvalue weighted by Crippen LogP contribution is 2.22. The summed E-state index contributed by atoms with van der Waals surface area (Å²) in [6, 6.07) is 0.332. The van der Waals surface area contributed by atoms with Crippen molar-refractivity contribution in [1.82, 2.24) is 20.1 Å². The van der Waals surface area contributed by atoms with Crippen LogP contribution < -0.4 is 5.32 Å². The first kappa shape index (κ1) is 16.5. The molecule has 0 saturated heterocycles.